The molecule has 22 heavy (non-hydrogen) atoms. The lowest BCUT2D eigenvalue weighted by Gasteiger charge is -2.17. The number of aromatic nitrogens is 3. The van der Waals surface area contributed by atoms with E-state index in [0.29, 0.717) is 11.6 Å². The Balaban J connectivity index is 1.96. The van der Waals surface area contributed by atoms with Gasteiger partial charge in [0, 0.05) is 31.5 Å². The lowest BCUT2D eigenvalue weighted by Crippen LogP contribution is -2.27. The summed E-state index contributed by atoms with van der Waals surface area (Å²) in [6.45, 7) is 0.416. The van der Waals surface area contributed by atoms with E-state index in [9.17, 15) is 9.59 Å². The first-order chi connectivity index (χ1) is 10.5. The van der Waals surface area contributed by atoms with Crippen LogP contribution in [0.25, 0.3) is 0 Å². The quantitative estimate of drug-likeness (QED) is 0.818. The summed E-state index contributed by atoms with van der Waals surface area (Å²) in [5.41, 5.74) is 0.762. The molecule has 2 aromatic rings. The fourth-order valence-corrected chi connectivity index (χ4v) is 2.26. The van der Waals surface area contributed by atoms with Crippen molar-refractivity contribution in [3.63, 3.8) is 0 Å². The Morgan fingerprint density at radius 1 is 1.41 bits per heavy atom. The Labute approximate surface area is 137 Å². The maximum atomic E-state index is 12.1. The van der Waals surface area contributed by atoms with Crippen molar-refractivity contribution >= 4 is 29.7 Å². The fourth-order valence-electron chi connectivity index (χ4n) is 1.93. The molecule has 2 N–H and O–H groups in total. The lowest BCUT2D eigenvalue weighted by atomic mass is 10.2. The van der Waals surface area contributed by atoms with Crippen molar-refractivity contribution in [1.82, 2.24) is 20.1 Å². The molecule has 0 bridgehead atoms. The minimum Gasteiger partial charge on any atom is -0.341 e. The molecule has 0 radical (unpaired) electrons. The van der Waals surface area contributed by atoms with Crippen molar-refractivity contribution in [2.45, 2.75) is 19.4 Å². The molecule has 1 aromatic carbocycles. The summed E-state index contributed by atoms with van der Waals surface area (Å²) in [5, 5.41) is 6.97. The summed E-state index contributed by atoms with van der Waals surface area (Å²) < 4.78 is 0.163. The van der Waals surface area contributed by atoms with Gasteiger partial charge in [0.05, 0.1) is 0 Å². The normalized spacial score (nSPS) is 10.5. The van der Waals surface area contributed by atoms with E-state index in [4.69, 9.17) is 23.8 Å². The zero-order valence-electron chi connectivity index (χ0n) is 11.9. The second-order valence-corrected chi connectivity index (χ2v) is 5.61. The van der Waals surface area contributed by atoms with Gasteiger partial charge in [0.1, 0.15) is 5.69 Å². The summed E-state index contributed by atoms with van der Waals surface area (Å²) in [6, 6.07) is 7.36. The molecule has 0 aliphatic carbocycles. The van der Waals surface area contributed by atoms with E-state index in [1.807, 2.05) is 18.2 Å². The highest BCUT2D eigenvalue weighted by atomic mass is 35.5. The summed E-state index contributed by atoms with van der Waals surface area (Å²) in [7, 11) is 1.70. The molecule has 0 fully saturated rings. The highest BCUT2D eigenvalue weighted by molar-refractivity contribution is 7.71. The van der Waals surface area contributed by atoms with E-state index in [1.54, 1.807) is 18.0 Å². The number of amides is 1. The predicted molar refractivity (Wildman–Crippen MR) is 86.3 cm³/mol. The Morgan fingerprint density at radius 3 is 2.82 bits per heavy atom. The number of hydrogen-bond acceptors (Lipinski definition) is 4. The molecule has 0 aliphatic heterocycles. The van der Waals surface area contributed by atoms with Gasteiger partial charge in [-0.3, -0.25) is 19.7 Å². The maximum Gasteiger partial charge on any atom is 0.273 e. The molecular weight excluding hydrogens is 324 g/mol. The number of nitrogens with one attached hydrogen (secondary N) is 2. The molecule has 0 aliphatic rings. The lowest BCUT2D eigenvalue weighted by molar-refractivity contribution is -0.130. The number of carbonyl (C=O) groups is 1. The molecule has 8 heteroatoms. The summed E-state index contributed by atoms with van der Waals surface area (Å²) in [6.07, 6.45) is 0.425. The number of rotatable bonds is 5. The van der Waals surface area contributed by atoms with Crippen LogP contribution in [0.2, 0.25) is 5.02 Å². The molecule has 0 unspecified atom stereocenters. The number of halogens is 1. The van der Waals surface area contributed by atoms with Crippen LogP contribution >= 0.6 is 23.8 Å². The molecule has 0 saturated carbocycles. The minimum absolute atomic E-state index is 0.0939. The van der Waals surface area contributed by atoms with E-state index in [1.165, 1.54) is 0 Å². The standard InChI is InChI=1S/C14H15ClN4O2S/c1-19(8-9-4-2-3-5-10(9)15)12(20)7-6-11-13(21)16-14(22)18-17-11/h2-5H,6-8H2,1H3,(H2,16,18,21,22). The van der Waals surface area contributed by atoms with Crippen molar-refractivity contribution in [1.29, 1.82) is 0 Å². The van der Waals surface area contributed by atoms with E-state index in [2.05, 4.69) is 15.2 Å². The van der Waals surface area contributed by atoms with Gasteiger partial charge in [-0.25, -0.2) is 0 Å². The molecule has 1 amide bonds. The van der Waals surface area contributed by atoms with Gasteiger partial charge < -0.3 is 4.90 Å². The monoisotopic (exact) mass is 338 g/mol. The number of hydrogen-bond donors (Lipinski definition) is 2. The van der Waals surface area contributed by atoms with Crippen LogP contribution in [-0.2, 0) is 17.8 Å². The van der Waals surface area contributed by atoms with Crippen molar-refractivity contribution < 1.29 is 4.79 Å². The first kappa shape index (κ1) is 16.4. The van der Waals surface area contributed by atoms with Gasteiger partial charge in [0.2, 0.25) is 5.91 Å². The van der Waals surface area contributed by atoms with Crippen molar-refractivity contribution in [2.24, 2.45) is 0 Å². The minimum atomic E-state index is -0.370. The van der Waals surface area contributed by atoms with Gasteiger partial charge in [-0.2, -0.15) is 5.10 Å². The highest BCUT2D eigenvalue weighted by Gasteiger charge is 2.12. The van der Waals surface area contributed by atoms with E-state index < -0.39 is 0 Å². The van der Waals surface area contributed by atoms with Crippen LogP contribution in [0.1, 0.15) is 17.7 Å². The number of nitrogens with zero attached hydrogens (tertiary/aromatic N) is 2. The largest absolute Gasteiger partial charge is 0.341 e. The Bertz CT molecular complexity index is 787. The third kappa shape index (κ3) is 4.25. The molecule has 0 atom stereocenters. The Hall–Kier alpha value is -1.99. The van der Waals surface area contributed by atoms with E-state index in [-0.39, 0.29) is 34.8 Å². The fraction of sp³-hybridized carbons (Fsp3) is 0.286. The topological polar surface area (TPSA) is 81.8 Å². The van der Waals surface area contributed by atoms with Gasteiger partial charge in [0.25, 0.3) is 5.56 Å². The van der Waals surface area contributed by atoms with E-state index >= 15 is 0 Å². The smallest absolute Gasteiger partial charge is 0.273 e. The molecule has 6 nitrogen and oxygen atoms in total. The molecule has 1 aromatic heterocycles. The number of aromatic amines is 2. The molecule has 116 valence electrons. The third-order valence-corrected chi connectivity index (χ3v) is 3.71. The number of carbonyl (C=O) groups excluding carboxylic acids is 1. The number of H-pyrrole nitrogens is 2. The predicted octanol–water partition coefficient (Wildman–Crippen LogP) is 2.07. The highest BCUT2D eigenvalue weighted by Crippen LogP contribution is 2.16. The summed E-state index contributed by atoms with van der Waals surface area (Å²) in [5.74, 6) is -0.0939. The summed E-state index contributed by atoms with van der Waals surface area (Å²) >= 11 is 10.8. The van der Waals surface area contributed by atoms with Crippen LogP contribution in [0.4, 0.5) is 0 Å². The molecular formula is C14H15ClN4O2S. The third-order valence-electron chi connectivity index (χ3n) is 3.15. The van der Waals surface area contributed by atoms with Gasteiger partial charge in [-0.15, -0.1) is 0 Å². The zero-order valence-corrected chi connectivity index (χ0v) is 13.5. The number of aryl methyl sites for hydroxylation is 1. The summed E-state index contributed by atoms with van der Waals surface area (Å²) in [4.78, 5) is 27.7. The van der Waals surface area contributed by atoms with Gasteiger partial charge in [-0.05, 0) is 23.8 Å². The van der Waals surface area contributed by atoms with Crippen molar-refractivity contribution in [3.8, 4) is 0 Å². The molecule has 0 saturated heterocycles. The second kappa shape index (κ2) is 7.33. The Morgan fingerprint density at radius 2 is 2.14 bits per heavy atom. The van der Waals surface area contributed by atoms with Gasteiger partial charge >= 0.3 is 0 Å². The second-order valence-electron chi connectivity index (χ2n) is 4.79. The first-order valence-corrected chi connectivity index (χ1v) is 7.41. The maximum absolute atomic E-state index is 12.1. The molecule has 2 rings (SSSR count). The van der Waals surface area contributed by atoms with Crippen molar-refractivity contribution in [3.05, 3.63) is 55.7 Å². The Kier molecular flexibility index (Phi) is 5.46. The average molecular weight is 339 g/mol. The van der Waals surface area contributed by atoms with Crippen LogP contribution in [0.15, 0.2) is 29.1 Å². The van der Waals surface area contributed by atoms with Crippen LogP contribution < -0.4 is 5.56 Å². The van der Waals surface area contributed by atoms with Crippen LogP contribution in [0.3, 0.4) is 0 Å². The van der Waals surface area contributed by atoms with Crippen molar-refractivity contribution in [2.75, 3.05) is 7.05 Å². The molecule has 1 heterocycles. The van der Waals surface area contributed by atoms with Crippen LogP contribution in [0, 0.1) is 4.77 Å². The SMILES string of the molecule is CN(Cc1ccccc1Cl)C(=O)CCc1n[nH]c(=S)[nH]c1=O. The van der Waals surface area contributed by atoms with Gasteiger partial charge in [0.15, 0.2) is 4.77 Å². The van der Waals surface area contributed by atoms with Gasteiger partial charge in [-0.1, -0.05) is 29.8 Å². The van der Waals surface area contributed by atoms with E-state index in [0.717, 1.165) is 5.56 Å². The van der Waals surface area contributed by atoms with Crippen LogP contribution in [0.5, 0.6) is 0 Å². The average Bonchev–Trinajstić information content (AvgIpc) is 2.48. The number of benzene rings is 1. The zero-order chi connectivity index (χ0) is 16.1. The van der Waals surface area contributed by atoms with Crippen LogP contribution in [-0.4, -0.2) is 33.0 Å². The first-order valence-electron chi connectivity index (χ1n) is 6.62. The molecule has 0 spiro atoms.